The van der Waals surface area contributed by atoms with E-state index in [0.29, 0.717) is 53.6 Å². The first-order chi connectivity index (χ1) is 16.6. The summed E-state index contributed by atoms with van der Waals surface area (Å²) in [7, 11) is 8.95. The summed E-state index contributed by atoms with van der Waals surface area (Å²) in [5.74, 6) is -1.02. The van der Waals surface area contributed by atoms with E-state index < -0.39 is 11.8 Å². The summed E-state index contributed by atoms with van der Waals surface area (Å²) in [6.45, 7) is 1.22. The molecule has 3 heterocycles. The van der Waals surface area contributed by atoms with Crippen LogP contribution < -0.4 is 21.3 Å². The first-order valence-electron chi connectivity index (χ1n) is 10.8. The molecule has 186 valence electrons. The van der Waals surface area contributed by atoms with Crippen LogP contribution in [0.15, 0.2) is 36.8 Å². The Morgan fingerprint density at radius 2 is 1.20 bits per heavy atom. The second-order valence-electron chi connectivity index (χ2n) is 8.40. The van der Waals surface area contributed by atoms with Crippen LogP contribution in [0.3, 0.4) is 0 Å². The predicted molar refractivity (Wildman–Crippen MR) is 133 cm³/mol. The van der Waals surface area contributed by atoms with Gasteiger partial charge in [-0.2, -0.15) is 0 Å². The molecule has 35 heavy (non-hydrogen) atoms. The van der Waals surface area contributed by atoms with E-state index in [4.69, 9.17) is 0 Å². The van der Waals surface area contributed by atoms with E-state index >= 15 is 0 Å². The number of aromatic nitrogens is 3. The maximum Gasteiger partial charge on any atom is 0.272 e. The molecule has 0 aliphatic heterocycles. The number of carbonyl (C=O) groups excluding carboxylic acids is 4. The van der Waals surface area contributed by atoms with Crippen molar-refractivity contribution in [3.05, 3.63) is 53.9 Å². The molecule has 0 unspecified atom stereocenters. The van der Waals surface area contributed by atoms with Crippen LogP contribution in [0.5, 0.6) is 0 Å². The van der Waals surface area contributed by atoms with Crippen molar-refractivity contribution in [2.75, 3.05) is 43.1 Å². The number of hydrogen-bond donors (Lipinski definition) is 4. The minimum absolute atomic E-state index is 0.231. The number of amides is 4. The van der Waals surface area contributed by atoms with Gasteiger partial charge in [-0.3, -0.25) is 19.2 Å². The number of likely N-dealkylation sites (N-methyl/N-ethyl adjacent to an activating group) is 1. The Kier molecular flexibility index (Phi) is 7.76. The van der Waals surface area contributed by atoms with Crippen molar-refractivity contribution in [2.24, 2.45) is 21.1 Å². The molecule has 3 aromatic rings. The smallest absolute Gasteiger partial charge is 0.272 e. The Morgan fingerprint density at radius 1 is 0.771 bits per heavy atom. The Balaban J connectivity index is 1.66. The summed E-state index contributed by atoms with van der Waals surface area (Å²) >= 11 is 0. The minimum Gasteiger partial charge on any atom is -0.349 e. The van der Waals surface area contributed by atoms with Gasteiger partial charge in [-0.05, 0) is 32.3 Å². The summed E-state index contributed by atoms with van der Waals surface area (Å²) in [5, 5.41) is 10.9. The van der Waals surface area contributed by atoms with Gasteiger partial charge in [0.25, 0.3) is 17.7 Å². The molecular formula is C23H30N8O4. The van der Waals surface area contributed by atoms with Crippen molar-refractivity contribution in [3.63, 3.8) is 0 Å². The summed E-state index contributed by atoms with van der Waals surface area (Å²) in [6, 6.07) is 4.71. The highest BCUT2D eigenvalue weighted by Crippen LogP contribution is 2.19. The van der Waals surface area contributed by atoms with Crippen molar-refractivity contribution in [1.29, 1.82) is 0 Å². The number of carbonyl (C=O) groups is 4. The Morgan fingerprint density at radius 3 is 1.66 bits per heavy atom. The first kappa shape index (κ1) is 25.3. The third kappa shape index (κ3) is 6.18. The van der Waals surface area contributed by atoms with Gasteiger partial charge in [0.2, 0.25) is 6.41 Å². The quantitative estimate of drug-likeness (QED) is 0.321. The monoisotopic (exact) mass is 482 g/mol. The van der Waals surface area contributed by atoms with Gasteiger partial charge >= 0.3 is 0 Å². The lowest BCUT2D eigenvalue weighted by atomic mass is 10.3. The van der Waals surface area contributed by atoms with E-state index in [0.717, 1.165) is 0 Å². The molecule has 0 aliphatic carbocycles. The number of rotatable bonds is 10. The number of nitrogens with one attached hydrogen (secondary N) is 4. The molecule has 4 amide bonds. The summed E-state index contributed by atoms with van der Waals surface area (Å²) < 4.78 is 4.82. The van der Waals surface area contributed by atoms with Crippen molar-refractivity contribution in [2.45, 2.75) is 0 Å². The lowest BCUT2D eigenvalue weighted by Gasteiger charge is -2.10. The molecule has 0 saturated heterocycles. The number of aryl methyl sites for hydroxylation is 3. The van der Waals surface area contributed by atoms with E-state index in [9.17, 15) is 19.2 Å². The van der Waals surface area contributed by atoms with E-state index in [1.807, 2.05) is 19.0 Å². The molecule has 0 aliphatic rings. The highest BCUT2D eigenvalue weighted by Gasteiger charge is 2.18. The van der Waals surface area contributed by atoms with Crippen molar-refractivity contribution < 1.29 is 19.2 Å². The van der Waals surface area contributed by atoms with Crippen molar-refractivity contribution in [3.8, 4) is 0 Å². The van der Waals surface area contributed by atoms with E-state index in [1.165, 1.54) is 0 Å². The van der Waals surface area contributed by atoms with Gasteiger partial charge in [-0.25, -0.2) is 0 Å². The van der Waals surface area contributed by atoms with Crippen LogP contribution in [0.1, 0.15) is 31.5 Å². The molecular weight excluding hydrogens is 452 g/mol. The van der Waals surface area contributed by atoms with Gasteiger partial charge in [0.1, 0.15) is 17.1 Å². The van der Waals surface area contributed by atoms with Crippen LogP contribution in [0.4, 0.5) is 17.1 Å². The fourth-order valence-electron chi connectivity index (χ4n) is 3.53. The van der Waals surface area contributed by atoms with E-state index in [1.54, 1.807) is 71.6 Å². The zero-order valence-corrected chi connectivity index (χ0v) is 20.4. The molecule has 0 spiro atoms. The Labute approximate surface area is 202 Å². The average Bonchev–Trinajstić information content (AvgIpc) is 3.44. The molecule has 12 nitrogen and oxygen atoms in total. The molecule has 0 aromatic carbocycles. The maximum atomic E-state index is 12.9. The molecule has 0 bridgehead atoms. The topological polar surface area (TPSA) is 134 Å². The Bertz CT molecular complexity index is 1250. The fourth-order valence-corrected chi connectivity index (χ4v) is 3.53. The van der Waals surface area contributed by atoms with Crippen molar-refractivity contribution >= 4 is 41.2 Å². The molecule has 12 heteroatoms. The standard InChI is InChI=1S/C23H30N8O4/c1-28(2)7-6-24-21(33)18-9-16(12-30(18)4)26-23(35)20-10-17(13-31(20)5)27-22(34)19-8-15(25-14-32)11-29(19)3/h8-14H,6-7H2,1-5H3,(H,24,33)(H,25,32)(H,26,35)(H,27,34). The second kappa shape index (κ2) is 10.7. The van der Waals surface area contributed by atoms with E-state index in [2.05, 4.69) is 21.3 Å². The SMILES string of the molecule is CN(C)CCNC(=O)c1cc(NC(=O)c2cc(NC(=O)c3cc(NC=O)cn3C)cn2C)cn1C. The van der Waals surface area contributed by atoms with Crippen LogP contribution in [0, 0.1) is 0 Å². The summed E-state index contributed by atoms with van der Waals surface area (Å²) in [5.41, 5.74) is 2.48. The van der Waals surface area contributed by atoms with Gasteiger partial charge in [0.15, 0.2) is 0 Å². The second-order valence-corrected chi connectivity index (χ2v) is 8.40. The normalized spacial score (nSPS) is 10.8. The van der Waals surface area contributed by atoms with Crippen LogP contribution >= 0.6 is 0 Å². The molecule has 4 N–H and O–H groups in total. The van der Waals surface area contributed by atoms with Gasteiger partial charge in [-0.15, -0.1) is 0 Å². The van der Waals surface area contributed by atoms with Crippen LogP contribution in [-0.4, -0.2) is 69.9 Å². The highest BCUT2D eigenvalue weighted by molar-refractivity contribution is 6.07. The number of hydrogen-bond acceptors (Lipinski definition) is 5. The number of anilines is 3. The molecule has 0 fully saturated rings. The third-order valence-corrected chi connectivity index (χ3v) is 5.30. The fraction of sp³-hybridized carbons (Fsp3) is 0.304. The molecule has 0 radical (unpaired) electrons. The van der Waals surface area contributed by atoms with Gasteiger partial charge < -0.3 is 39.9 Å². The molecule has 3 aromatic heterocycles. The molecule has 3 rings (SSSR count). The predicted octanol–water partition coefficient (Wildman–Crippen LogP) is 1.07. The summed E-state index contributed by atoms with van der Waals surface area (Å²) in [6.07, 6.45) is 5.43. The van der Waals surface area contributed by atoms with Crippen LogP contribution in [0.25, 0.3) is 0 Å². The summed E-state index contributed by atoms with van der Waals surface area (Å²) in [4.78, 5) is 50.5. The highest BCUT2D eigenvalue weighted by atomic mass is 16.2. The zero-order chi connectivity index (χ0) is 25.7. The molecule has 0 saturated carbocycles. The minimum atomic E-state index is -0.394. The maximum absolute atomic E-state index is 12.9. The zero-order valence-electron chi connectivity index (χ0n) is 20.4. The Hall–Kier alpha value is -4.32. The van der Waals surface area contributed by atoms with Crippen LogP contribution in [-0.2, 0) is 25.9 Å². The average molecular weight is 483 g/mol. The number of nitrogens with zero attached hydrogens (tertiary/aromatic N) is 4. The lowest BCUT2D eigenvalue weighted by molar-refractivity contribution is -0.105. The third-order valence-electron chi connectivity index (χ3n) is 5.30. The lowest BCUT2D eigenvalue weighted by Crippen LogP contribution is -2.32. The first-order valence-corrected chi connectivity index (χ1v) is 10.8. The largest absolute Gasteiger partial charge is 0.349 e. The van der Waals surface area contributed by atoms with Crippen molar-refractivity contribution in [1.82, 2.24) is 23.9 Å². The molecule has 0 atom stereocenters. The van der Waals surface area contributed by atoms with Crippen LogP contribution in [0.2, 0.25) is 0 Å². The van der Waals surface area contributed by atoms with Gasteiger partial charge in [0, 0.05) is 52.8 Å². The van der Waals surface area contributed by atoms with Gasteiger partial charge in [0.05, 0.1) is 17.1 Å². The van der Waals surface area contributed by atoms with Gasteiger partial charge in [-0.1, -0.05) is 0 Å². The van der Waals surface area contributed by atoms with E-state index in [-0.39, 0.29) is 5.91 Å².